The number of carbonyl (C=O) groups is 1. The summed E-state index contributed by atoms with van der Waals surface area (Å²) < 4.78 is 17.9. The van der Waals surface area contributed by atoms with Gasteiger partial charge in [0.25, 0.3) is 0 Å². The predicted octanol–water partition coefficient (Wildman–Crippen LogP) is 1.28. The summed E-state index contributed by atoms with van der Waals surface area (Å²) >= 11 is 0. The van der Waals surface area contributed by atoms with Gasteiger partial charge < -0.3 is 15.6 Å². The van der Waals surface area contributed by atoms with Crippen LogP contribution < -0.4 is 5.73 Å². The van der Waals surface area contributed by atoms with E-state index in [0.29, 0.717) is 11.1 Å². The van der Waals surface area contributed by atoms with Gasteiger partial charge >= 0.3 is 5.97 Å². The molecule has 3 N–H and O–H groups in total. The first-order valence-corrected chi connectivity index (χ1v) is 5.61. The summed E-state index contributed by atoms with van der Waals surface area (Å²) in [6.07, 6.45) is 0. The molecule has 1 rings (SSSR count). The van der Waals surface area contributed by atoms with Gasteiger partial charge in [-0.3, -0.25) is 4.79 Å². The smallest absolute Gasteiger partial charge is 0.326 e. The Hall–Kier alpha value is -1.46. The van der Waals surface area contributed by atoms with Crippen LogP contribution >= 0.6 is 0 Å². The Balaban J connectivity index is 2.63. The van der Waals surface area contributed by atoms with Crippen LogP contribution in [-0.4, -0.2) is 22.7 Å². The number of aliphatic hydroxyl groups is 1. The Kier molecular flexibility index (Phi) is 4.43. The molecule has 1 aromatic carbocycles. The second kappa shape index (κ2) is 5.46. The van der Waals surface area contributed by atoms with E-state index < -0.39 is 17.6 Å². The number of halogens is 1. The third-order valence-corrected chi connectivity index (χ3v) is 2.69. The van der Waals surface area contributed by atoms with E-state index in [1.54, 1.807) is 13.0 Å². The van der Waals surface area contributed by atoms with Crippen molar-refractivity contribution in [1.82, 2.24) is 0 Å². The molecule has 0 aliphatic heterocycles. The van der Waals surface area contributed by atoms with Gasteiger partial charge in [0, 0.05) is 0 Å². The van der Waals surface area contributed by atoms with Crippen molar-refractivity contribution >= 4 is 5.97 Å². The fourth-order valence-electron chi connectivity index (χ4n) is 1.35. The van der Waals surface area contributed by atoms with E-state index in [2.05, 4.69) is 0 Å². The summed E-state index contributed by atoms with van der Waals surface area (Å²) in [5.74, 6) is -1.03. The summed E-state index contributed by atoms with van der Waals surface area (Å²) in [4.78, 5) is 11.6. The van der Waals surface area contributed by atoms with Crippen molar-refractivity contribution in [3.05, 3.63) is 35.1 Å². The molecule has 5 heteroatoms. The first-order chi connectivity index (χ1) is 8.21. The standard InChI is InChI=1S/C13H18FNO3/c1-8-6-10(14)5-4-9(8)7-18-12(16)11(15)13(2,3)17/h4-6,11,17H,7,15H2,1-3H3/t11-/m1/s1. The maximum atomic E-state index is 12.9. The van der Waals surface area contributed by atoms with Crippen LogP contribution in [0.15, 0.2) is 18.2 Å². The van der Waals surface area contributed by atoms with Crippen LogP contribution in [0.1, 0.15) is 25.0 Å². The Morgan fingerprint density at radius 2 is 2.17 bits per heavy atom. The summed E-state index contributed by atoms with van der Waals surface area (Å²) in [7, 11) is 0. The van der Waals surface area contributed by atoms with E-state index in [9.17, 15) is 14.3 Å². The molecule has 0 fully saturated rings. The molecular weight excluding hydrogens is 237 g/mol. The number of nitrogens with two attached hydrogens (primary N) is 1. The minimum atomic E-state index is -1.34. The molecule has 0 aliphatic rings. The van der Waals surface area contributed by atoms with Crippen LogP contribution in [0, 0.1) is 12.7 Å². The van der Waals surface area contributed by atoms with Gasteiger partial charge in [-0.25, -0.2) is 4.39 Å². The predicted molar refractivity (Wildman–Crippen MR) is 65.2 cm³/mol. The number of benzene rings is 1. The largest absolute Gasteiger partial charge is 0.460 e. The third kappa shape index (κ3) is 3.78. The van der Waals surface area contributed by atoms with Gasteiger partial charge in [0.2, 0.25) is 0 Å². The average Bonchev–Trinajstić information content (AvgIpc) is 2.25. The number of ether oxygens (including phenoxy) is 1. The van der Waals surface area contributed by atoms with Crippen LogP contribution in [0.5, 0.6) is 0 Å². The molecule has 100 valence electrons. The van der Waals surface area contributed by atoms with Crippen molar-refractivity contribution in [2.45, 2.75) is 39.0 Å². The zero-order valence-corrected chi connectivity index (χ0v) is 10.7. The van der Waals surface area contributed by atoms with Crippen molar-refractivity contribution in [3.8, 4) is 0 Å². The van der Waals surface area contributed by atoms with E-state index in [1.807, 2.05) is 0 Å². The number of rotatable bonds is 4. The number of carbonyl (C=O) groups excluding carboxylic acids is 1. The summed E-state index contributed by atoms with van der Waals surface area (Å²) in [5, 5.41) is 9.57. The molecule has 1 aromatic rings. The first-order valence-electron chi connectivity index (χ1n) is 5.61. The van der Waals surface area contributed by atoms with Crippen molar-refractivity contribution in [3.63, 3.8) is 0 Å². The molecular formula is C13H18FNO3. The van der Waals surface area contributed by atoms with Gasteiger partial charge in [-0.05, 0) is 44.0 Å². The molecule has 0 aliphatic carbocycles. The highest BCUT2D eigenvalue weighted by Gasteiger charge is 2.30. The van der Waals surface area contributed by atoms with Crippen molar-refractivity contribution in [2.75, 3.05) is 0 Å². The van der Waals surface area contributed by atoms with E-state index in [0.717, 1.165) is 0 Å². The van der Waals surface area contributed by atoms with Gasteiger partial charge in [-0.1, -0.05) is 6.07 Å². The molecule has 4 nitrogen and oxygen atoms in total. The Labute approximate surface area is 106 Å². The highest BCUT2D eigenvalue weighted by molar-refractivity contribution is 5.76. The molecule has 0 saturated carbocycles. The molecule has 0 heterocycles. The van der Waals surface area contributed by atoms with Gasteiger partial charge in [0.1, 0.15) is 18.5 Å². The van der Waals surface area contributed by atoms with Gasteiger partial charge in [0.05, 0.1) is 5.60 Å². The normalized spacial score (nSPS) is 13.2. The van der Waals surface area contributed by atoms with Crippen LogP contribution in [0.2, 0.25) is 0 Å². The molecule has 0 spiro atoms. The summed E-state index contributed by atoms with van der Waals surface area (Å²) in [6, 6.07) is 3.09. The fraction of sp³-hybridized carbons (Fsp3) is 0.462. The fourth-order valence-corrected chi connectivity index (χ4v) is 1.35. The van der Waals surface area contributed by atoms with Crippen LogP contribution in [0.3, 0.4) is 0 Å². The SMILES string of the molecule is Cc1cc(F)ccc1COC(=O)[C@@H](N)C(C)(C)O. The van der Waals surface area contributed by atoms with Crippen molar-refractivity contribution in [2.24, 2.45) is 5.73 Å². The summed E-state index contributed by atoms with van der Waals surface area (Å²) in [5.41, 5.74) is 5.59. The minimum Gasteiger partial charge on any atom is -0.460 e. The van der Waals surface area contributed by atoms with Gasteiger partial charge in [-0.2, -0.15) is 0 Å². The Morgan fingerprint density at radius 1 is 1.56 bits per heavy atom. The number of esters is 1. The van der Waals surface area contributed by atoms with Crippen LogP contribution in [0.25, 0.3) is 0 Å². The Morgan fingerprint density at radius 3 is 2.67 bits per heavy atom. The molecule has 0 aromatic heterocycles. The molecule has 0 radical (unpaired) electrons. The first kappa shape index (κ1) is 14.6. The molecule has 18 heavy (non-hydrogen) atoms. The topological polar surface area (TPSA) is 72.5 Å². The quantitative estimate of drug-likeness (QED) is 0.795. The van der Waals surface area contributed by atoms with Gasteiger partial charge in [-0.15, -0.1) is 0 Å². The van der Waals surface area contributed by atoms with E-state index in [-0.39, 0.29) is 12.4 Å². The summed E-state index contributed by atoms with van der Waals surface area (Å²) in [6.45, 7) is 4.60. The lowest BCUT2D eigenvalue weighted by atomic mass is 10.0. The second-order valence-electron chi connectivity index (χ2n) is 4.81. The van der Waals surface area contributed by atoms with Crippen molar-refractivity contribution < 1.29 is 19.0 Å². The second-order valence-corrected chi connectivity index (χ2v) is 4.81. The lowest BCUT2D eigenvalue weighted by Crippen LogP contribution is -2.49. The number of hydrogen-bond acceptors (Lipinski definition) is 4. The third-order valence-electron chi connectivity index (χ3n) is 2.69. The average molecular weight is 255 g/mol. The van der Waals surface area contributed by atoms with Gasteiger partial charge in [0.15, 0.2) is 0 Å². The zero-order chi connectivity index (χ0) is 13.9. The lowest BCUT2D eigenvalue weighted by molar-refractivity contribution is -0.152. The lowest BCUT2D eigenvalue weighted by Gasteiger charge is -2.23. The molecule has 0 amide bonds. The number of hydrogen-bond donors (Lipinski definition) is 2. The molecule has 0 bridgehead atoms. The van der Waals surface area contributed by atoms with Crippen LogP contribution in [0.4, 0.5) is 4.39 Å². The van der Waals surface area contributed by atoms with E-state index in [1.165, 1.54) is 26.0 Å². The highest BCUT2D eigenvalue weighted by Crippen LogP contribution is 2.13. The monoisotopic (exact) mass is 255 g/mol. The Bertz CT molecular complexity index is 440. The number of aryl methyl sites for hydroxylation is 1. The van der Waals surface area contributed by atoms with Crippen LogP contribution in [-0.2, 0) is 16.1 Å². The maximum absolute atomic E-state index is 12.9. The van der Waals surface area contributed by atoms with E-state index >= 15 is 0 Å². The highest BCUT2D eigenvalue weighted by atomic mass is 19.1. The molecule has 0 unspecified atom stereocenters. The van der Waals surface area contributed by atoms with Crippen molar-refractivity contribution in [1.29, 1.82) is 0 Å². The molecule has 0 saturated heterocycles. The van der Waals surface area contributed by atoms with E-state index in [4.69, 9.17) is 10.5 Å². The molecule has 1 atom stereocenters. The zero-order valence-electron chi connectivity index (χ0n) is 10.7. The maximum Gasteiger partial charge on any atom is 0.326 e. The minimum absolute atomic E-state index is 0.00866.